The molecule has 0 saturated carbocycles. The van der Waals surface area contributed by atoms with Crippen LogP contribution in [0.1, 0.15) is 5.56 Å². The molecule has 0 atom stereocenters. The van der Waals surface area contributed by atoms with Gasteiger partial charge in [0.25, 0.3) is 0 Å². The molecule has 4 nitrogen and oxygen atoms in total. The Morgan fingerprint density at radius 1 is 1.24 bits per heavy atom. The van der Waals surface area contributed by atoms with E-state index < -0.39 is 0 Å². The predicted octanol–water partition coefficient (Wildman–Crippen LogP) is 2.20. The molecule has 0 amide bonds. The van der Waals surface area contributed by atoms with Crippen molar-refractivity contribution in [3.8, 4) is 0 Å². The van der Waals surface area contributed by atoms with Gasteiger partial charge in [-0.1, -0.05) is 0 Å². The number of benzene rings is 1. The summed E-state index contributed by atoms with van der Waals surface area (Å²) in [6.45, 7) is 0. The van der Waals surface area contributed by atoms with Crippen molar-refractivity contribution in [1.29, 1.82) is 5.41 Å². The Kier molecular flexibility index (Phi) is 3.00. The quantitative estimate of drug-likeness (QED) is 0.483. The topological polar surface area (TPSA) is 62.8 Å². The number of nitrogens with zero attached hydrogens (tertiary/aromatic N) is 1. The van der Waals surface area contributed by atoms with E-state index in [1.54, 1.807) is 18.2 Å². The van der Waals surface area contributed by atoms with Gasteiger partial charge in [-0.05, 0) is 24.3 Å². The summed E-state index contributed by atoms with van der Waals surface area (Å²) in [7, 11) is 0. The van der Waals surface area contributed by atoms with Crippen LogP contribution < -0.4 is 10.0 Å². The normalized spacial score (nSPS) is 9.94. The smallest absolute Gasteiger partial charge is 0.191 e. The zero-order chi connectivity index (χ0) is 12.3. The fraction of sp³-hybridized carbons (Fsp3) is 0. The van der Waals surface area contributed by atoms with Crippen LogP contribution in [0.4, 0.5) is 15.8 Å². The van der Waals surface area contributed by atoms with E-state index in [2.05, 4.69) is 5.32 Å². The van der Waals surface area contributed by atoms with Gasteiger partial charge >= 0.3 is 0 Å². The second-order valence-electron chi connectivity index (χ2n) is 3.45. The van der Waals surface area contributed by atoms with Crippen LogP contribution in [0.3, 0.4) is 0 Å². The number of rotatable bonds is 3. The van der Waals surface area contributed by atoms with E-state index in [1.165, 1.54) is 24.5 Å². The lowest BCUT2D eigenvalue weighted by molar-refractivity contribution is -0.605. The molecular formula is C12H10FN3O. The largest absolute Gasteiger partial charge is 0.619 e. The average Bonchev–Trinajstić information content (AvgIpc) is 2.34. The number of halogens is 1. The van der Waals surface area contributed by atoms with Gasteiger partial charge in [0.2, 0.25) is 0 Å². The van der Waals surface area contributed by atoms with Gasteiger partial charge in [0, 0.05) is 18.0 Å². The van der Waals surface area contributed by atoms with E-state index in [4.69, 9.17) is 5.41 Å². The van der Waals surface area contributed by atoms with E-state index >= 15 is 0 Å². The molecular weight excluding hydrogens is 221 g/mol. The molecule has 0 bridgehead atoms. The Hall–Kier alpha value is -2.43. The van der Waals surface area contributed by atoms with Crippen molar-refractivity contribution in [3.63, 3.8) is 0 Å². The van der Waals surface area contributed by atoms with E-state index in [-0.39, 0.29) is 5.82 Å². The Labute approximate surface area is 97.4 Å². The summed E-state index contributed by atoms with van der Waals surface area (Å²) in [5, 5.41) is 21.2. The molecule has 1 aromatic heterocycles. The lowest BCUT2D eigenvalue weighted by Crippen LogP contribution is -2.25. The third-order valence-electron chi connectivity index (χ3n) is 2.24. The summed E-state index contributed by atoms with van der Waals surface area (Å²) >= 11 is 0. The van der Waals surface area contributed by atoms with Gasteiger partial charge in [-0.25, -0.2) is 4.39 Å². The molecule has 0 radical (unpaired) electrons. The summed E-state index contributed by atoms with van der Waals surface area (Å²) in [6, 6.07) is 7.41. The highest BCUT2D eigenvalue weighted by Crippen LogP contribution is 2.18. The third-order valence-corrected chi connectivity index (χ3v) is 2.24. The van der Waals surface area contributed by atoms with Gasteiger partial charge in [-0.3, -0.25) is 0 Å². The van der Waals surface area contributed by atoms with Crippen LogP contribution in [-0.4, -0.2) is 6.21 Å². The fourth-order valence-corrected chi connectivity index (χ4v) is 1.41. The highest BCUT2D eigenvalue weighted by atomic mass is 19.1. The van der Waals surface area contributed by atoms with E-state index in [0.717, 1.165) is 6.21 Å². The van der Waals surface area contributed by atoms with E-state index in [9.17, 15) is 9.60 Å². The number of pyridine rings is 1. The Morgan fingerprint density at radius 2 is 1.94 bits per heavy atom. The van der Waals surface area contributed by atoms with Crippen molar-refractivity contribution < 1.29 is 9.12 Å². The molecule has 2 rings (SSSR count). The second-order valence-corrected chi connectivity index (χ2v) is 3.45. The van der Waals surface area contributed by atoms with Crippen LogP contribution in [-0.2, 0) is 0 Å². The molecule has 86 valence electrons. The van der Waals surface area contributed by atoms with Gasteiger partial charge in [-0.15, -0.1) is 0 Å². The molecule has 1 aromatic carbocycles. The van der Waals surface area contributed by atoms with Gasteiger partial charge in [0.05, 0.1) is 11.3 Å². The lowest BCUT2D eigenvalue weighted by atomic mass is 10.2. The van der Waals surface area contributed by atoms with Gasteiger partial charge in [0.15, 0.2) is 12.4 Å². The van der Waals surface area contributed by atoms with Crippen molar-refractivity contribution in [2.75, 3.05) is 5.32 Å². The summed E-state index contributed by atoms with van der Waals surface area (Å²) in [5.74, 6) is -0.312. The van der Waals surface area contributed by atoms with Crippen molar-refractivity contribution in [2.24, 2.45) is 0 Å². The van der Waals surface area contributed by atoms with E-state index in [1.807, 2.05) is 0 Å². The third kappa shape index (κ3) is 2.57. The zero-order valence-corrected chi connectivity index (χ0v) is 8.85. The molecule has 0 saturated heterocycles. The van der Waals surface area contributed by atoms with Crippen molar-refractivity contribution >= 4 is 17.6 Å². The number of anilines is 2. The Morgan fingerprint density at radius 3 is 2.59 bits per heavy atom. The monoisotopic (exact) mass is 231 g/mol. The first-order valence-corrected chi connectivity index (χ1v) is 4.95. The van der Waals surface area contributed by atoms with Crippen LogP contribution in [0.2, 0.25) is 0 Å². The van der Waals surface area contributed by atoms with Crippen LogP contribution >= 0.6 is 0 Å². The minimum Gasteiger partial charge on any atom is -0.619 e. The second kappa shape index (κ2) is 4.61. The van der Waals surface area contributed by atoms with Crippen LogP contribution in [0, 0.1) is 16.4 Å². The number of hydrogen-bond acceptors (Lipinski definition) is 3. The summed E-state index contributed by atoms with van der Waals surface area (Å²) in [6.07, 6.45) is 3.71. The first-order valence-electron chi connectivity index (χ1n) is 4.95. The maximum Gasteiger partial charge on any atom is 0.191 e. The maximum absolute atomic E-state index is 12.7. The predicted molar refractivity (Wildman–Crippen MR) is 63.0 cm³/mol. The van der Waals surface area contributed by atoms with Crippen molar-refractivity contribution in [3.05, 3.63) is 59.3 Å². The molecule has 2 N–H and O–H groups in total. The fourth-order valence-electron chi connectivity index (χ4n) is 1.41. The SMILES string of the molecule is N=Cc1c[n+]([O-])ccc1Nc1ccc(F)cc1. The van der Waals surface area contributed by atoms with Crippen LogP contribution in [0.15, 0.2) is 42.7 Å². The van der Waals surface area contributed by atoms with Gasteiger partial charge in [-0.2, -0.15) is 4.73 Å². The van der Waals surface area contributed by atoms with Gasteiger partial charge < -0.3 is 15.9 Å². The highest BCUT2D eigenvalue weighted by Gasteiger charge is 2.04. The molecule has 2 aromatic rings. The Balaban J connectivity index is 2.29. The van der Waals surface area contributed by atoms with Gasteiger partial charge in [0.1, 0.15) is 5.82 Å². The first kappa shape index (κ1) is 11.1. The zero-order valence-electron chi connectivity index (χ0n) is 8.85. The van der Waals surface area contributed by atoms with Crippen molar-refractivity contribution in [1.82, 2.24) is 0 Å². The average molecular weight is 231 g/mol. The summed E-state index contributed by atoms with van der Waals surface area (Å²) in [5.41, 5.74) is 1.78. The molecule has 0 aliphatic rings. The van der Waals surface area contributed by atoms with Crippen LogP contribution in [0.5, 0.6) is 0 Å². The number of hydrogen-bond donors (Lipinski definition) is 2. The standard InChI is InChI=1S/C12H10FN3O/c13-10-1-3-11(4-2-10)15-12-5-6-16(17)8-9(12)7-14/h1-8,14-15H. The molecule has 0 unspecified atom stereocenters. The first-order chi connectivity index (χ1) is 8.19. The summed E-state index contributed by atoms with van der Waals surface area (Å²) < 4.78 is 13.3. The highest BCUT2D eigenvalue weighted by molar-refractivity contribution is 5.86. The maximum atomic E-state index is 12.7. The number of aromatic nitrogens is 1. The van der Waals surface area contributed by atoms with Crippen LogP contribution in [0.25, 0.3) is 0 Å². The molecule has 0 aliphatic heterocycles. The molecule has 17 heavy (non-hydrogen) atoms. The summed E-state index contributed by atoms with van der Waals surface area (Å²) in [4.78, 5) is 0. The Bertz CT molecular complexity index is 540. The molecule has 5 heteroatoms. The minimum atomic E-state index is -0.312. The molecule has 1 heterocycles. The minimum absolute atomic E-state index is 0.312. The van der Waals surface area contributed by atoms with E-state index in [0.29, 0.717) is 21.7 Å². The molecule has 0 fully saturated rings. The lowest BCUT2D eigenvalue weighted by Gasteiger charge is -2.08. The molecule has 0 aliphatic carbocycles. The molecule has 0 spiro atoms. The van der Waals surface area contributed by atoms with Crippen molar-refractivity contribution in [2.45, 2.75) is 0 Å². The number of nitrogens with one attached hydrogen (secondary N) is 2.